The summed E-state index contributed by atoms with van der Waals surface area (Å²) in [4.78, 5) is 25.1. The lowest BCUT2D eigenvalue weighted by atomic mass is 9.99. The lowest BCUT2D eigenvalue weighted by Gasteiger charge is -2.40. The number of nitrogens with one attached hydrogen (secondary N) is 1. The highest BCUT2D eigenvalue weighted by Crippen LogP contribution is 2.24. The van der Waals surface area contributed by atoms with Crippen molar-refractivity contribution in [1.29, 1.82) is 0 Å². The van der Waals surface area contributed by atoms with Crippen LogP contribution in [0.2, 0.25) is 0 Å². The van der Waals surface area contributed by atoms with E-state index >= 15 is 0 Å². The Labute approximate surface area is 567 Å². The van der Waals surface area contributed by atoms with Crippen LogP contribution in [0.4, 0.5) is 0 Å². The van der Waals surface area contributed by atoms with Crippen molar-refractivity contribution in [1.82, 2.24) is 5.32 Å². The number of esters is 1. The largest absolute Gasteiger partial charge is 0.466 e. The van der Waals surface area contributed by atoms with E-state index in [9.17, 15) is 35.1 Å². The molecule has 1 amide bonds. The van der Waals surface area contributed by atoms with E-state index in [0.29, 0.717) is 19.4 Å². The quantitative estimate of drug-likeness (QED) is 0.0195. The first-order chi connectivity index (χ1) is 45.2. The molecule has 1 rings (SSSR count). The van der Waals surface area contributed by atoms with Gasteiger partial charge in [0, 0.05) is 12.8 Å². The highest BCUT2D eigenvalue weighted by molar-refractivity contribution is 5.76. The lowest BCUT2D eigenvalue weighted by Crippen LogP contribution is -2.60. The van der Waals surface area contributed by atoms with Gasteiger partial charge in [-0.25, -0.2) is 0 Å². The highest BCUT2D eigenvalue weighted by atomic mass is 16.7. The molecule has 11 heteroatoms. The van der Waals surface area contributed by atoms with E-state index in [1.54, 1.807) is 6.08 Å². The summed E-state index contributed by atoms with van der Waals surface area (Å²) >= 11 is 0. The van der Waals surface area contributed by atoms with Gasteiger partial charge in [0.2, 0.25) is 5.91 Å². The summed E-state index contributed by atoms with van der Waals surface area (Å²) < 4.78 is 16.7. The first kappa shape index (κ1) is 87.4. The van der Waals surface area contributed by atoms with Gasteiger partial charge in [0.15, 0.2) is 6.29 Å². The van der Waals surface area contributed by atoms with Crippen LogP contribution in [0, 0.1) is 0 Å². The van der Waals surface area contributed by atoms with Crippen molar-refractivity contribution in [2.75, 3.05) is 19.8 Å². The van der Waals surface area contributed by atoms with Crippen LogP contribution in [0.5, 0.6) is 0 Å². The third-order valence-electron chi connectivity index (χ3n) is 18.6. The molecule has 1 saturated heterocycles. The fraction of sp³-hybridized carbons (Fsp3) is 0.852. The van der Waals surface area contributed by atoms with E-state index < -0.39 is 49.5 Å². The van der Waals surface area contributed by atoms with E-state index in [1.807, 2.05) is 6.08 Å². The topological polar surface area (TPSA) is 175 Å². The van der Waals surface area contributed by atoms with Gasteiger partial charge in [0.25, 0.3) is 0 Å². The smallest absolute Gasteiger partial charge is 0.305 e. The van der Waals surface area contributed by atoms with E-state index in [1.165, 1.54) is 289 Å². The van der Waals surface area contributed by atoms with Gasteiger partial charge in [0.05, 0.1) is 32.0 Å². The van der Waals surface area contributed by atoms with Gasteiger partial charge in [-0.05, 0) is 103 Å². The number of ether oxygens (including phenoxy) is 3. The maximum atomic E-state index is 13.0. The SMILES string of the molecule is CCCCCC/C=C/CC/C=C/C(O)C(COC1OC(CO)C(O)C(O)C1O)NC(=O)CCCCCCCCCCCCCCCCCCC/C=C\C/C=C\CCCCCCCCCCCCCCCOC(=O)CCCCCCCCC/C=C\CCCCCCCC. The highest BCUT2D eigenvalue weighted by Gasteiger charge is 2.44. The zero-order valence-corrected chi connectivity index (χ0v) is 60.0. The molecule has 92 heavy (non-hydrogen) atoms. The molecule has 0 aromatic heterocycles. The maximum absolute atomic E-state index is 13.0. The van der Waals surface area contributed by atoms with Gasteiger partial charge in [0.1, 0.15) is 24.4 Å². The maximum Gasteiger partial charge on any atom is 0.305 e. The average Bonchev–Trinajstić information content (AvgIpc) is 1.01. The van der Waals surface area contributed by atoms with Crippen LogP contribution in [0.15, 0.2) is 60.8 Å². The predicted molar refractivity (Wildman–Crippen MR) is 389 cm³/mol. The van der Waals surface area contributed by atoms with Crippen LogP contribution < -0.4 is 5.32 Å². The standard InChI is InChI=1S/C81H149NO10/c1-3-5-7-9-11-13-15-16-17-39-43-46-49-53-57-61-65-69-77(86)90-70-66-62-58-54-50-47-44-41-38-36-34-32-30-28-26-24-22-20-18-19-21-23-25-27-29-31-33-35-37-40-42-45-48-52-56-60-64-68-76(85)82-73(72-91-81-80(89)79(88)78(87)75(71-83)92-81)74(84)67-63-59-55-51-14-12-10-8-6-4-2/h14,16-18,20,24,26,51,63,67,73-75,78-81,83-84,87-89H,3-13,15,19,21-23,25,27-50,52-62,64-66,68-72H2,1-2H3,(H,82,85)/b17-16-,20-18-,26-24-,51-14+,67-63+. The molecular formula is C81H149NO10. The minimum absolute atomic E-state index is 0.00925. The number of aliphatic hydroxyl groups excluding tert-OH is 5. The molecule has 0 saturated carbocycles. The molecule has 0 radical (unpaired) electrons. The Morgan fingerprint density at radius 3 is 1.15 bits per heavy atom. The number of carbonyl (C=O) groups excluding carboxylic acids is 2. The van der Waals surface area contributed by atoms with Crippen LogP contribution in [-0.2, 0) is 23.8 Å². The van der Waals surface area contributed by atoms with E-state index in [0.717, 1.165) is 64.2 Å². The molecule has 538 valence electrons. The molecule has 1 aliphatic heterocycles. The minimum atomic E-state index is -1.58. The Morgan fingerprint density at radius 1 is 0.402 bits per heavy atom. The van der Waals surface area contributed by atoms with E-state index in [-0.39, 0.29) is 18.5 Å². The summed E-state index contributed by atoms with van der Waals surface area (Å²) in [6.07, 6.45) is 84.1. The Morgan fingerprint density at radius 2 is 0.739 bits per heavy atom. The molecular weight excluding hydrogens is 1150 g/mol. The zero-order chi connectivity index (χ0) is 66.5. The molecule has 0 aromatic rings. The number of rotatable bonds is 70. The van der Waals surface area contributed by atoms with Crippen molar-refractivity contribution in [3.8, 4) is 0 Å². The summed E-state index contributed by atoms with van der Waals surface area (Å²) in [5.41, 5.74) is 0. The summed E-state index contributed by atoms with van der Waals surface area (Å²) in [5, 5.41) is 54.4. The number of aliphatic hydroxyl groups is 5. The van der Waals surface area contributed by atoms with Crippen molar-refractivity contribution in [2.45, 2.75) is 423 Å². The Kier molecular flexibility index (Phi) is 66.2. The van der Waals surface area contributed by atoms with Crippen LogP contribution in [0.1, 0.15) is 380 Å². The van der Waals surface area contributed by atoms with E-state index in [2.05, 4.69) is 67.8 Å². The number of hydrogen-bond acceptors (Lipinski definition) is 10. The van der Waals surface area contributed by atoms with Crippen LogP contribution in [0.25, 0.3) is 0 Å². The second kappa shape index (κ2) is 69.7. The predicted octanol–water partition coefficient (Wildman–Crippen LogP) is 21.2. The third-order valence-corrected chi connectivity index (χ3v) is 18.6. The van der Waals surface area contributed by atoms with Gasteiger partial charge in [-0.3, -0.25) is 9.59 Å². The molecule has 7 unspecified atom stereocenters. The summed E-state index contributed by atoms with van der Waals surface area (Å²) in [6.45, 7) is 4.32. The summed E-state index contributed by atoms with van der Waals surface area (Å²) in [7, 11) is 0. The zero-order valence-electron chi connectivity index (χ0n) is 60.0. The first-order valence-electron chi connectivity index (χ1n) is 39.6. The Balaban J connectivity index is 1.88. The van der Waals surface area contributed by atoms with Crippen molar-refractivity contribution >= 4 is 11.9 Å². The molecule has 0 bridgehead atoms. The molecule has 1 fully saturated rings. The van der Waals surface area contributed by atoms with Gasteiger partial charge >= 0.3 is 5.97 Å². The Hall–Kier alpha value is -2.64. The monoisotopic (exact) mass is 1300 g/mol. The Bertz CT molecular complexity index is 1710. The minimum Gasteiger partial charge on any atom is -0.466 e. The van der Waals surface area contributed by atoms with Gasteiger partial charge in [-0.2, -0.15) is 0 Å². The summed E-state index contributed by atoms with van der Waals surface area (Å²) in [6, 6.07) is -0.825. The molecule has 11 nitrogen and oxygen atoms in total. The van der Waals surface area contributed by atoms with Gasteiger partial charge < -0.3 is 45.1 Å². The fourth-order valence-corrected chi connectivity index (χ4v) is 12.4. The first-order valence-corrected chi connectivity index (χ1v) is 39.6. The molecule has 0 spiro atoms. The second-order valence-electron chi connectivity index (χ2n) is 27.4. The number of hydrogen-bond donors (Lipinski definition) is 6. The summed E-state index contributed by atoms with van der Waals surface area (Å²) in [5.74, 6) is -0.181. The normalized spacial score (nSPS) is 17.8. The van der Waals surface area contributed by atoms with Crippen molar-refractivity contribution < 1.29 is 49.3 Å². The number of amides is 1. The number of unbranched alkanes of at least 4 members (excludes halogenated alkanes) is 48. The number of carbonyl (C=O) groups is 2. The number of allylic oxidation sites excluding steroid dienone is 9. The molecule has 6 N–H and O–H groups in total. The third kappa shape index (κ3) is 57.6. The molecule has 1 aliphatic rings. The van der Waals surface area contributed by atoms with Crippen molar-refractivity contribution in [3.63, 3.8) is 0 Å². The lowest BCUT2D eigenvalue weighted by molar-refractivity contribution is -0.302. The molecule has 7 atom stereocenters. The molecule has 0 aliphatic carbocycles. The van der Waals surface area contributed by atoms with Gasteiger partial charge in [-0.15, -0.1) is 0 Å². The molecule has 0 aromatic carbocycles. The average molecular weight is 1300 g/mol. The van der Waals surface area contributed by atoms with Crippen molar-refractivity contribution in [2.24, 2.45) is 0 Å². The van der Waals surface area contributed by atoms with Crippen LogP contribution in [-0.4, -0.2) is 100 Å². The fourth-order valence-electron chi connectivity index (χ4n) is 12.4. The van der Waals surface area contributed by atoms with E-state index in [4.69, 9.17) is 14.2 Å². The van der Waals surface area contributed by atoms with Gasteiger partial charge in [-0.1, -0.05) is 325 Å². The van der Waals surface area contributed by atoms with Crippen LogP contribution >= 0.6 is 0 Å². The van der Waals surface area contributed by atoms with Crippen LogP contribution in [0.3, 0.4) is 0 Å². The second-order valence-corrected chi connectivity index (χ2v) is 27.4. The molecule has 1 heterocycles. The van der Waals surface area contributed by atoms with Crippen molar-refractivity contribution in [3.05, 3.63) is 60.8 Å².